The van der Waals surface area contributed by atoms with Crippen LogP contribution in [0.1, 0.15) is 42.4 Å². The van der Waals surface area contributed by atoms with Crippen LogP contribution < -0.4 is 4.74 Å². The first kappa shape index (κ1) is 24.3. The van der Waals surface area contributed by atoms with Crippen molar-refractivity contribution < 1.29 is 29.6 Å². The normalized spacial score (nSPS) is 11.1. The molecule has 0 unspecified atom stereocenters. The summed E-state index contributed by atoms with van der Waals surface area (Å²) in [6, 6.07) is 13.9. The van der Waals surface area contributed by atoms with Crippen LogP contribution in [-0.2, 0) is 35.4 Å². The third-order valence-electron chi connectivity index (χ3n) is 5.63. The SMILES string of the molecule is O=C(O)CCCn1cc(CC(=O)O)c2c(CCc3ccc(OCCCCO)cc3)cccc21. The van der Waals surface area contributed by atoms with Crippen molar-refractivity contribution in [1.82, 2.24) is 4.57 Å². The zero-order valence-electron chi connectivity index (χ0n) is 18.7. The second-order valence-corrected chi connectivity index (χ2v) is 8.15. The number of aliphatic hydroxyl groups is 1. The van der Waals surface area contributed by atoms with Crippen LogP contribution >= 0.6 is 0 Å². The number of hydrogen-bond donors (Lipinski definition) is 3. The number of aryl methyl sites for hydroxylation is 3. The van der Waals surface area contributed by atoms with Crippen LogP contribution in [-0.4, -0.2) is 45.0 Å². The topological polar surface area (TPSA) is 109 Å². The van der Waals surface area contributed by atoms with E-state index in [1.807, 2.05) is 53.2 Å². The number of carboxylic acid groups (broad SMARTS) is 2. The molecule has 33 heavy (non-hydrogen) atoms. The van der Waals surface area contributed by atoms with Crippen molar-refractivity contribution in [1.29, 1.82) is 0 Å². The Balaban J connectivity index is 1.73. The van der Waals surface area contributed by atoms with Gasteiger partial charge in [0.05, 0.1) is 13.0 Å². The van der Waals surface area contributed by atoms with Gasteiger partial charge in [0.25, 0.3) is 0 Å². The summed E-state index contributed by atoms with van der Waals surface area (Å²) < 4.78 is 7.65. The minimum absolute atomic E-state index is 0.0677. The number of unbranched alkanes of at least 4 members (excludes halogenated alkanes) is 1. The molecule has 7 heteroatoms. The van der Waals surface area contributed by atoms with E-state index in [2.05, 4.69) is 0 Å². The summed E-state index contributed by atoms with van der Waals surface area (Å²) >= 11 is 0. The van der Waals surface area contributed by atoms with Crippen LogP contribution in [0.3, 0.4) is 0 Å². The Hall–Kier alpha value is -3.32. The average molecular weight is 454 g/mol. The van der Waals surface area contributed by atoms with Crippen molar-refractivity contribution in [2.45, 2.75) is 51.5 Å². The van der Waals surface area contributed by atoms with Gasteiger partial charge in [-0.1, -0.05) is 24.3 Å². The summed E-state index contributed by atoms with van der Waals surface area (Å²) in [5, 5.41) is 28.1. The number of carbonyl (C=O) groups is 2. The van der Waals surface area contributed by atoms with E-state index in [0.717, 1.165) is 59.0 Å². The van der Waals surface area contributed by atoms with Gasteiger partial charge in [0, 0.05) is 36.7 Å². The lowest BCUT2D eigenvalue weighted by Gasteiger charge is -2.09. The van der Waals surface area contributed by atoms with E-state index in [0.29, 0.717) is 19.6 Å². The molecule has 0 amide bonds. The molecule has 3 aromatic rings. The quantitative estimate of drug-likeness (QED) is 0.318. The molecule has 0 atom stereocenters. The molecule has 176 valence electrons. The predicted molar refractivity (Wildman–Crippen MR) is 126 cm³/mol. The Morgan fingerprint density at radius 1 is 0.879 bits per heavy atom. The van der Waals surface area contributed by atoms with Crippen molar-refractivity contribution in [2.24, 2.45) is 0 Å². The maximum atomic E-state index is 11.4. The minimum atomic E-state index is -0.885. The molecule has 1 heterocycles. The van der Waals surface area contributed by atoms with Gasteiger partial charge in [-0.05, 0) is 67.0 Å². The third kappa shape index (κ3) is 7.08. The number of aromatic nitrogens is 1. The molecule has 7 nitrogen and oxygen atoms in total. The van der Waals surface area contributed by atoms with Crippen LogP contribution in [0.2, 0.25) is 0 Å². The molecule has 0 aliphatic rings. The van der Waals surface area contributed by atoms with E-state index in [4.69, 9.17) is 14.9 Å². The molecular formula is C26H31NO6. The van der Waals surface area contributed by atoms with Gasteiger partial charge in [0.2, 0.25) is 0 Å². The highest BCUT2D eigenvalue weighted by atomic mass is 16.5. The summed E-state index contributed by atoms with van der Waals surface area (Å²) in [7, 11) is 0. The van der Waals surface area contributed by atoms with E-state index in [1.54, 1.807) is 0 Å². The van der Waals surface area contributed by atoms with E-state index >= 15 is 0 Å². The molecule has 3 rings (SSSR count). The Kier molecular flexibility index (Phi) is 8.89. The molecule has 1 aromatic heterocycles. The number of aliphatic carboxylic acids is 2. The summed E-state index contributed by atoms with van der Waals surface area (Å²) in [5.74, 6) is -0.913. The van der Waals surface area contributed by atoms with Crippen molar-refractivity contribution in [2.75, 3.05) is 13.2 Å². The first-order valence-corrected chi connectivity index (χ1v) is 11.3. The standard InChI is InChI=1S/C26H31NO6/c28-15-1-2-16-33-22-12-9-19(10-13-22)8-11-20-5-3-6-23-26(20)21(17-25(31)32)18-27(23)14-4-7-24(29)30/h3,5-6,9-10,12-13,18,28H,1-2,4,7-8,11,14-17H2,(H,29,30)(H,31,32). The average Bonchev–Trinajstić information content (AvgIpc) is 3.13. The smallest absolute Gasteiger partial charge is 0.307 e. The number of aliphatic hydroxyl groups excluding tert-OH is 1. The van der Waals surface area contributed by atoms with E-state index in [9.17, 15) is 14.7 Å². The summed E-state index contributed by atoms with van der Waals surface area (Å²) in [6.45, 7) is 1.29. The molecule has 0 bridgehead atoms. The van der Waals surface area contributed by atoms with Crippen molar-refractivity contribution >= 4 is 22.8 Å². The Morgan fingerprint density at radius 3 is 2.36 bits per heavy atom. The highest BCUT2D eigenvalue weighted by Gasteiger charge is 2.15. The number of rotatable bonds is 14. The number of hydrogen-bond acceptors (Lipinski definition) is 4. The monoisotopic (exact) mass is 453 g/mol. The maximum absolute atomic E-state index is 11.4. The highest BCUT2D eigenvalue weighted by molar-refractivity contribution is 5.90. The third-order valence-corrected chi connectivity index (χ3v) is 5.63. The van der Waals surface area contributed by atoms with Crippen molar-refractivity contribution in [3.63, 3.8) is 0 Å². The number of ether oxygens (including phenoxy) is 1. The second-order valence-electron chi connectivity index (χ2n) is 8.15. The molecule has 0 fully saturated rings. The predicted octanol–water partition coefficient (Wildman–Crippen LogP) is 4.07. The fourth-order valence-corrected chi connectivity index (χ4v) is 4.05. The van der Waals surface area contributed by atoms with E-state index in [-0.39, 0.29) is 19.4 Å². The van der Waals surface area contributed by atoms with Crippen LogP contribution in [0.5, 0.6) is 5.75 Å². The van der Waals surface area contributed by atoms with Gasteiger partial charge < -0.3 is 24.6 Å². The molecule has 0 spiro atoms. The largest absolute Gasteiger partial charge is 0.494 e. The van der Waals surface area contributed by atoms with Crippen molar-refractivity contribution in [3.05, 3.63) is 65.4 Å². The highest BCUT2D eigenvalue weighted by Crippen LogP contribution is 2.28. The minimum Gasteiger partial charge on any atom is -0.494 e. The Morgan fingerprint density at radius 2 is 1.67 bits per heavy atom. The van der Waals surface area contributed by atoms with E-state index in [1.165, 1.54) is 0 Å². The zero-order chi connectivity index (χ0) is 23.6. The van der Waals surface area contributed by atoms with Gasteiger partial charge in [-0.2, -0.15) is 0 Å². The van der Waals surface area contributed by atoms with E-state index < -0.39 is 11.9 Å². The fourth-order valence-electron chi connectivity index (χ4n) is 4.05. The molecule has 0 aliphatic heterocycles. The van der Waals surface area contributed by atoms with Gasteiger partial charge in [0.15, 0.2) is 0 Å². The summed E-state index contributed by atoms with van der Waals surface area (Å²) in [4.78, 5) is 22.3. The fraction of sp³-hybridized carbons (Fsp3) is 0.385. The molecule has 0 saturated heterocycles. The Bertz CT molecular complexity index is 1070. The van der Waals surface area contributed by atoms with Gasteiger partial charge in [-0.3, -0.25) is 9.59 Å². The lowest BCUT2D eigenvalue weighted by molar-refractivity contribution is -0.137. The first-order chi connectivity index (χ1) is 16.0. The molecular weight excluding hydrogens is 422 g/mol. The zero-order valence-corrected chi connectivity index (χ0v) is 18.7. The van der Waals surface area contributed by atoms with Gasteiger partial charge in [-0.25, -0.2) is 0 Å². The number of carboxylic acids is 2. The summed E-state index contributed by atoms with van der Waals surface area (Å²) in [5.41, 5.74) is 3.95. The number of fused-ring (bicyclic) bond motifs is 1. The number of benzene rings is 2. The first-order valence-electron chi connectivity index (χ1n) is 11.3. The lowest BCUT2D eigenvalue weighted by Crippen LogP contribution is -2.01. The lowest BCUT2D eigenvalue weighted by atomic mass is 9.98. The van der Waals surface area contributed by atoms with Crippen LogP contribution in [0.4, 0.5) is 0 Å². The van der Waals surface area contributed by atoms with Crippen LogP contribution in [0.15, 0.2) is 48.7 Å². The van der Waals surface area contributed by atoms with Gasteiger partial charge >= 0.3 is 11.9 Å². The summed E-state index contributed by atoms with van der Waals surface area (Å²) in [6.07, 6.45) is 5.47. The molecule has 0 radical (unpaired) electrons. The maximum Gasteiger partial charge on any atom is 0.307 e. The van der Waals surface area contributed by atoms with Gasteiger partial charge in [-0.15, -0.1) is 0 Å². The second kappa shape index (κ2) is 12.1. The van der Waals surface area contributed by atoms with Crippen LogP contribution in [0, 0.1) is 0 Å². The molecule has 0 aliphatic carbocycles. The Labute approximate surface area is 193 Å². The molecule has 2 aromatic carbocycles. The molecule has 0 saturated carbocycles. The van der Waals surface area contributed by atoms with Crippen LogP contribution in [0.25, 0.3) is 10.9 Å². The van der Waals surface area contributed by atoms with Gasteiger partial charge in [0.1, 0.15) is 5.75 Å². The number of nitrogens with zero attached hydrogens (tertiary/aromatic N) is 1. The van der Waals surface area contributed by atoms with Crippen molar-refractivity contribution in [3.8, 4) is 5.75 Å². The molecule has 3 N–H and O–H groups in total.